The summed E-state index contributed by atoms with van der Waals surface area (Å²) in [6.07, 6.45) is 3.34. The van der Waals surface area contributed by atoms with E-state index in [1.165, 1.54) is 0 Å². The summed E-state index contributed by atoms with van der Waals surface area (Å²) in [4.78, 5) is 33.5. The highest BCUT2D eigenvalue weighted by atomic mass is 16.4. The Morgan fingerprint density at radius 1 is 1.15 bits per heavy atom. The maximum Gasteiger partial charge on any atom is 0.335 e. The quantitative estimate of drug-likeness (QED) is 0.706. The van der Waals surface area contributed by atoms with Gasteiger partial charge < -0.3 is 5.11 Å². The number of nitrogens with zero attached hydrogens (tertiary/aromatic N) is 1. The topological polar surface area (TPSA) is 98.7 Å². The lowest BCUT2D eigenvalue weighted by molar-refractivity contribution is -0.137. The van der Waals surface area contributed by atoms with E-state index in [0.29, 0.717) is 0 Å². The van der Waals surface area contributed by atoms with E-state index in [1.807, 2.05) is 18.9 Å². The van der Waals surface area contributed by atoms with Crippen LogP contribution in [-0.2, 0) is 9.59 Å². The van der Waals surface area contributed by atoms with Gasteiger partial charge in [0.05, 0.1) is 0 Å². The van der Waals surface area contributed by atoms with Crippen LogP contribution < -0.4 is 10.7 Å². The van der Waals surface area contributed by atoms with Crippen LogP contribution in [-0.4, -0.2) is 40.1 Å². The number of carboxylic acid groups (broad SMARTS) is 1. The lowest BCUT2D eigenvalue weighted by atomic mass is 10.00. The van der Waals surface area contributed by atoms with Crippen molar-refractivity contribution in [3.05, 3.63) is 0 Å². The van der Waals surface area contributed by atoms with Crippen molar-refractivity contribution in [3.63, 3.8) is 0 Å². The number of urea groups is 1. The fraction of sp³-hybridized carbons (Fsp3) is 0.769. The Balaban J connectivity index is 2.31. The number of carboxylic acids is 1. The number of carbonyl (C=O) groups is 3. The highest BCUT2D eigenvalue weighted by molar-refractivity contribution is 5.94. The first-order chi connectivity index (χ1) is 9.40. The summed E-state index contributed by atoms with van der Waals surface area (Å²) in [6, 6.07) is -0.0656. The summed E-state index contributed by atoms with van der Waals surface area (Å²) >= 11 is 0. The highest BCUT2D eigenvalue weighted by Gasteiger charge is 2.26. The number of nitrogens with one attached hydrogen (secondary N) is 2. The van der Waals surface area contributed by atoms with Crippen molar-refractivity contribution in [3.8, 4) is 0 Å². The molecule has 1 aliphatic heterocycles. The molecule has 0 aromatic rings. The van der Waals surface area contributed by atoms with Crippen LogP contribution in [0.5, 0.6) is 0 Å². The number of carbonyl (C=O) groups excluding carboxylic acids is 2. The van der Waals surface area contributed by atoms with Crippen LogP contribution in [0.4, 0.5) is 4.79 Å². The molecule has 7 nitrogen and oxygen atoms in total. The molecule has 3 N–H and O–H groups in total. The molecule has 7 heteroatoms. The van der Waals surface area contributed by atoms with Gasteiger partial charge in [-0.3, -0.25) is 20.3 Å². The molecule has 1 rings (SSSR count). The van der Waals surface area contributed by atoms with Gasteiger partial charge in [-0.2, -0.15) is 0 Å². The molecule has 1 aliphatic rings. The van der Waals surface area contributed by atoms with E-state index in [-0.39, 0.29) is 31.3 Å². The maximum absolute atomic E-state index is 11.7. The van der Waals surface area contributed by atoms with Crippen LogP contribution in [0, 0.1) is 0 Å². The van der Waals surface area contributed by atoms with Crippen LogP contribution >= 0.6 is 0 Å². The SMILES string of the molecule is CC1CCCC(C)N1NC(=O)NC(=O)CCCC(=O)O. The van der Waals surface area contributed by atoms with Gasteiger partial charge in [-0.1, -0.05) is 6.42 Å². The summed E-state index contributed by atoms with van der Waals surface area (Å²) in [5.74, 6) is -1.40. The van der Waals surface area contributed by atoms with Crippen LogP contribution in [0.1, 0.15) is 52.4 Å². The van der Waals surface area contributed by atoms with E-state index >= 15 is 0 Å². The van der Waals surface area contributed by atoms with Gasteiger partial charge in [0.25, 0.3) is 0 Å². The van der Waals surface area contributed by atoms with Crippen LogP contribution in [0.3, 0.4) is 0 Å². The molecule has 1 saturated heterocycles. The molecule has 3 amide bonds. The van der Waals surface area contributed by atoms with Gasteiger partial charge in [0.1, 0.15) is 0 Å². The second-order valence-electron chi connectivity index (χ2n) is 5.27. The standard InChI is InChI=1S/C13H23N3O4/c1-9-5-3-6-10(2)16(9)15-13(20)14-11(17)7-4-8-12(18)19/h9-10H,3-8H2,1-2H3,(H,18,19)(H2,14,15,17,20). The summed E-state index contributed by atoms with van der Waals surface area (Å²) in [6.45, 7) is 4.06. The summed E-state index contributed by atoms with van der Waals surface area (Å²) in [5.41, 5.74) is 2.69. The lowest BCUT2D eigenvalue weighted by Gasteiger charge is -2.38. The van der Waals surface area contributed by atoms with E-state index in [0.717, 1.165) is 19.3 Å². The van der Waals surface area contributed by atoms with E-state index < -0.39 is 17.9 Å². The Morgan fingerprint density at radius 3 is 2.30 bits per heavy atom. The maximum atomic E-state index is 11.7. The van der Waals surface area contributed by atoms with E-state index in [9.17, 15) is 14.4 Å². The molecule has 2 atom stereocenters. The van der Waals surface area contributed by atoms with Crippen LogP contribution in [0.25, 0.3) is 0 Å². The summed E-state index contributed by atoms with van der Waals surface area (Å²) < 4.78 is 0. The smallest absolute Gasteiger partial charge is 0.335 e. The number of rotatable bonds is 5. The fourth-order valence-electron chi connectivity index (χ4n) is 2.38. The molecular formula is C13H23N3O4. The predicted octanol–water partition coefficient (Wildman–Crippen LogP) is 1.24. The monoisotopic (exact) mass is 285 g/mol. The van der Waals surface area contributed by atoms with Crippen LogP contribution in [0.15, 0.2) is 0 Å². The number of hydrogen-bond donors (Lipinski definition) is 3. The second kappa shape index (κ2) is 7.84. The van der Waals surface area contributed by atoms with Crippen molar-refractivity contribution < 1.29 is 19.5 Å². The first kappa shape index (κ1) is 16.4. The van der Waals surface area contributed by atoms with Gasteiger partial charge in [-0.25, -0.2) is 9.80 Å². The van der Waals surface area contributed by atoms with Gasteiger partial charge in [0.2, 0.25) is 5.91 Å². The summed E-state index contributed by atoms with van der Waals surface area (Å²) in [7, 11) is 0. The Labute approximate surface area is 118 Å². The van der Waals surface area contributed by atoms with Crippen molar-refractivity contribution in [1.82, 2.24) is 15.8 Å². The number of piperidine rings is 1. The van der Waals surface area contributed by atoms with Gasteiger partial charge in [0.15, 0.2) is 0 Å². The van der Waals surface area contributed by atoms with Crippen molar-refractivity contribution >= 4 is 17.9 Å². The molecule has 0 radical (unpaired) electrons. The zero-order valence-corrected chi connectivity index (χ0v) is 12.0. The molecule has 1 fully saturated rings. The largest absolute Gasteiger partial charge is 0.481 e. The normalized spacial score (nSPS) is 23.1. The molecule has 0 spiro atoms. The Kier molecular flexibility index (Phi) is 6.44. The number of hydrogen-bond acceptors (Lipinski definition) is 4. The fourth-order valence-corrected chi connectivity index (χ4v) is 2.38. The third-order valence-electron chi connectivity index (χ3n) is 3.47. The Bertz CT molecular complexity index is 363. The molecule has 0 aromatic heterocycles. The van der Waals surface area contributed by atoms with Gasteiger partial charge in [0, 0.05) is 24.9 Å². The predicted molar refractivity (Wildman–Crippen MR) is 72.8 cm³/mol. The average molecular weight is 285 g/mol. The van der Waals surface area contributed by atoms with Gasteiger partial charge >= 0.3 is 12.0 Å². The molecular weight excluding hydrogens is 262 g/mol. The minimum Gasteiger partial charge on any atom is -0.481 e. The number of hydrazine groups is 1. The van der Waals surface area contributed by atoms with E-state index in [4.69, 9.17) is 5.11 Å². The van der Waals surface area contributed by atoms with Crippen molar-refractivity contribution in [2.45, 2.75) is 64.5 Å². The average Bonchev–Trinajstić information content (AvgIpc) is 2.33. The Hall–Kier alpha value is -1.63. The van der Waals surface area contributed by atoms with Crippen molar-refractivity contribution in [1.29, 1.82) is 0 Å². The lowest BCUT2D eigenvalue weighted by Crippen LogP contribution is -2.57. The van der Waals surface area contributed by atoms with Crippen molar-refractivity contribution in [2.24, 2.45) is 0 Å². The first-order valence-electron chi connectivity index (χ1n) is 7.00. The molecule has 20 heavy (non-hydrogen) atoms. The molecule has 1 heterocycles. The zero-order chi connectivity index (χ0) is 15.1. The van der Waals surface area contributed by atoms with Crippen molar-refractivity contribution in [2.75, 3.05) is 0 Å². The third-order valence-corrected chi connectivity index (χ3v) is 3.47. The number of aliphatic carboxylic acids is 1. The second-order valence-corrected chi connectivity index (χ2v) is 5.27. The molecule has 114 valence electrons. The molecule has 0 aromatic carbocycles. The zero-order valence-electron chi connectivity index (χ0n) is 12.0. The third kappa shape index (κ3) is 5.56. The van der Waals surface area contributed by atoms with E-state index in [1.54, 1.807) is 0 Å². The van der Waals surface area contributed by atoms with Crippen LogP contribution in [0.2, 0.25) is 0 Å². The number of amides is 3. The molecule has 0 bridgehead atoms. The van der Waals surface area contributed by atoms with E-state index in [2.05, 4.69) is 10.7 Å². The molecule has 0 saturated carbocycles. The summed E-state index contributed by atoms with van der Waals surface area (Å²) in [5, 5.41) is 12.5. The first-order valence-corrected chi connectivity index (χ1v) is 7.00. The minimum absolute atomic E-state index is 0.0326. The molecule has 2 unspecified atom stereocenters. The Morgan fingerprint density at radius 2 is 1.75 bits per heavy atom. The van der Waals surface area contributed by atoms with Gasteiger partial charge in [-0.05, 0) is 33.1 Å². The minimum atomic E-state index is -0.946. The van der Waals surface area contributed by atoms with Gasteiger partial charge in [-0.15, -0.1) is 0 Å². The number of imide groups is 1. The molecule has 0 aliphatic carbocycles. The highest BCUT2D eigenvalue weighted by Crippen LogP contribution is 2.19.